The highest BCUT2D eigenvalue weighted by atomic mass is 16.5. The Kier molecular flexibility index (Phi) is 4.41. The molecule has 2 aromatic rings. The summed E-state index contributed by atoms with van der Waals surface area (Å²) >= 11 is 0. The highest BCUT2D eigenvalue weighted by Gasteiger charge is 2.32. The summed E-state index contributed by atoms with van der Waals surface area (Å²) in [7, 11) is 1.62. The highest BCUT2D eigenvalue weighted by Crippen LogP contribution is 2.32. The normalized spacial score (nSPS) is 17.7. The molecule has 0 fully saturated rings. The van der Waals surface area contributed by atoms with E-state index in [9.17, 15) is 4.79 Å². The number of fused-ring (bicyclic) bond motifs is 1. The van der Waals surface area contributed by atoms with Crippen molar-refractivity contribution in [1.29, 1.82) is 0 Å². The van der Waals surface area contributed by atoms with E-state index < -0.39 is 5.60 Å². The summed E-state index contributed by atoms with van der Waals surface area (Å²) in [6.07, 6.45) is 1.38. The molecule has 1 amide bonds. The van der Waals surface area contributed by atoms with Gasteiger partial charge in [-0.1, -0.05) is 29.4 Å². The Bertz CT molecular complexity index is 739. The van der Waals surface area contributed by atoms with Crippen LogP contribution in [0.15, 0.2) is 28.8 Å². The molecule has 0 unspecified atom stereocenters. The van der Waals surface area contributed by atoms with Gasteiger partial charge >= 0.3 is 0 Å². The average molecular weight is 329 g/mol. The highest BCUT2D eigenvalue weighted by molar-refractivity contribution is 5.74. The Hall–Kier alpha value is -2.21. The number of benzene rings is 1. The van der Waals surface area contributed by atoms with Crippen LogP contribution in [0, 0.1) is 0 Å². The van der Waals surface area contributed by atoms with Gasteiger partial charge in [-0.25, -0.2) is 0 Å². The van der Waals surface area contributed by atoms with Crippen LogP contribution in [0.2, 0.25) is 0 Å². The molecule has 24 heavy (non-hydrogen) atoms. The molecular weight excluding hydrogens is 306 g/mol. The molecule has 128 valence electrons. The number of nitrogens with zero attached hydrogens (tertiary/aromatic N) is 3. The van der Waals surface area contributed by atoms with Gasteiger partial charge in [-0.05, 0) is 31.4 Å². The lowest BCUT2D eigenvalue weighted by atomic mass is 9.90. The number of hydrogen-bond donors (Lipinski definition) is 0. The Morgan fingerprint density at radius 1 is 1.42 bits per heavy atom. The zero-order valence-electron chi connectivity index (χ0n) is 14.6. The zero-order valence-corrected chi connectivity index (χ0v) is 14.6. The van der Waals surface area contributed by atoms with Crippen molar-refractivity contribution in [3.05, 3.63) is 47.1 Å². The molecule has 1 aromatic heterocycles. The van der Waals surface area contributed by atoms with E-state index in [0.29, 0.717) is 24.7 Å². The van der Waals surface area contributed by atoms with Crippen LogP contribution in [0.1, 0.15) is 49.7 Å². The Balaban J connectivity index is 1.90. The largest absolute Gasteiger partial charge is 0.371 e. The lowest BCUT2D eigenvalue weighted by Crippen LogP contribution is -2.39. The summed E-state index contributed by atoms with van der Waals surface area (Å²) in [5.74, 6) is 1.09. The summed E-state index contributed by atoms with van der Waals surface area (Å²) in [4.78, 5) is 18.4. The van der Waals surface area contributed by atoms with Crippen molar-refractivity contribution in [2.24, 2.45) is 0 Å². The number of ether oxygens (including phenoxy) is 1. The van der Waals surface area contributed by atoms with E-state index in [-0.39, 0.29) is 11.9 Å². The van der Waals surface area contributed by atoms with Crippen LogP contribution >= 0.6 is 0 Å². The van der Waals surface area contributed by atoms with Crippen LogP contribution < -0.4 is 0 Å². The number of carbonyl (C=O) groups is 1. The minimum Gasteiger partial charge on any atom is -0.371 e. The fourth-order valence-electron chi connectivity index (χ4n) is 3.09. The van der Waals surface area contributed by atoms with E-state index in [2.05, 4.69) is 22.3 Å². The third kappa shape index (κ3) is 3.06. The monoisotopic (exact) mass is 329 g/mol. The topological polar surface area (TPSA) is 68.5 Å². The Labute approximate surface area is 141 Å². The number of methoxy groups -OCH3 is 1. The van der Waals surface area contributed by atoms with Crippen molar-refractivity contribution in [3.8, 4) is 0 Å². The molecule has 0 bridgehead atoms. The number of carbonyl (C=O) groups excluding carboxylic acids is 1. The molecule has 0 spiro atoms. The van der Waals surface area contributed by atoms with Gasteiger partial charge in [0.1, 0.15) is 5.60 Å². The summed E-state index contributed by atoms with van der Waals surface area (Å²) in [6.45, 7) is 6.09. The minimum absolute atomic E-state index is 0.0615. The molecule has 3 rings (SSSR count). The van der Waals surface area contributed by atoms with Crippen LogP contribution in [0.25, 0.3) is 0 Å². The van der Waals surface area contributed by atoms with Crippen LogP contribution in [-0.2, 0) is 28.0 Å². The van der Waals surface area contributed by atoms with Crippen molar-refractivity contribution >= 4 is 5.91 Å². The first-order chi connectivity index (χ1) is 11.4. The fourth-order valence-corrected chi connectivity index (χ4v) is 3.09. The van der Waals surface area contributed by atoms with Crippen LogP contribution in [0.3, 0.4) is 0 Å². The predicted molar refractivity (Wildman–Crippen MR) is 88.3 cm³/mol. The van der Waals surface area contributed by atoms with Crippen LogP contribution in [0.5, 0.6) is 0 Å². The van der Waals surface area contributed by atoms with Crippen molar-refractivity contribution in [2.45, 2.75) is 45.3 Å². The smallest absolute Gasteiger partial charge is 0.229 e. The van der Waals surface area contributed by atoms with Gasteiger partial charge in [-0.2, -0.15) is 4.98 Å². The number of aromatic nitrogens is 2. The molecule has 1 atom stereocenters. The molecule has 0 aliphatic carbocycles. The Morgan fingerprint density at radius 3 is 2.88 bits per heavy atom. The number of hydrogen-bond acceptors (Lipinski definition) is 5. The maximum atomic E-state index is 12.1. The van der Waals surface area contributed by atoms with Gasteiger partial charge in [0.05, 0.1) is 12.5 Å². The molecule has 0 saturated carbocycles. The van der Waals surface area contributed by atoms with Gasteiger partial charge in [0.15, 0.2) is 0 Å². The second kappa shape index (κ2) is 6.36. The standard InChI is InChI=1S/C18H23N3O3/c1-12(22)21-10-9-13-7-5-6-8-14(13)15(21)11-16-19-17(20-24-16)18(2,3)23-4/h5-8,15H,9-11H2,1-4H3/t15-/m0/s1. The van der Waals surface area contributed by atoms with Crippen molar-refractivity contribution in [2.75, 3.05) is 13.7 Å². The molecule has 1 aliphatic heterocycles. The molecule has 2 heterocycles. The SMILES string of the molecule is COC(C)(C)c1noc(C[C@H]2c3ccccc3CCN2C(C)=O)n1. The fraction of sp³-hybridized carbons (Fsp3) is 0.500. The van der Waals surface area contributed by atoms with E-state index in [1.165, 1.54) is 5.56 Å². The second-order valence-corrected chi connectivity index (χ2v) is 6.61. The first kappa shape index (κ1) is 16.6. The van der Waals surface area contributed by atoms with E-state index in [1.807, 2.05) is 30.9 Å². The van der Waals surface area contributed by atoms with Crippen molar-refractivity contribution in [3.63, 3.8) is 0 Å². The van der Waals surface area contributed by atoms with Gasteiger partial charge in [-0.15, -0.1) is 0 Å². The van der Waals surface area contributed by atoms with Crippen LogP contribution in [0.4, 0.5) is 0 Å². The van der Waals surface area contributed by atoms with E-state index >= 15 is 0 Å². The second-order valence-electron chi connectivity index (χ2n) is 6.61. The lowest BCUT2D eigenvalue weighted by molar-refractivity contribution is -0.131. The predicted octanol–water partition coefficient (Wildman–Crippen LogP) is 2.64. The van der Waals surface area contributed by atoms with E-state index in [1.54, 1.807) is 14.0 Å². The zero-order chi connectivity index (χ0) is 17.3. The van der Waals surface area contributed by atoms with Gasteiger partial charge < -0.3 is 14.2 Å². The van der Waals surface area contributed by atoms with Crippen molar-refractivity contribution in [1.82, 2.24) is 15.0 Å². The molecule has 1 aliphatic rings. The number of rotatable bonds is 4. The third-order valence-corrected chi connectivity index (χ3v) is 4.70. The molecule has 0 N–H and O–H groups in total. The van der Waals surface area contributed by atoms with Gasteiger partial charge in [-0.3, -0.25) is 4.79 Å². The van der Waals surface area contributed by atoms with Crippen molar-refractivity contribution < 1.29 is 14.1 Å². The van der Waals surface area contributed by atoms with Gasteiger partial charge in [0.2, 0.25) is 17.6 Å². The molecule has 6 heteroatoms. The maximum Gasteiger partial charge on any atom is 0.229 e. The van der Waals surface area contributed by atoms with Gasteiger partial charge in [0, 0.05) is 20.6 Å². The minimum atomic E-state index is -0.605. The molecule has 0 radical (unpaired) electrons. The van der Waals surface area contributed by atoms with Crippen LogP contribution in [-0.4, -0.2) is 34.6 Å². The van der Waals surface area contributed by atoms with E-state index in [4.69, 9.17) is 9.26 Å². The first-order valence-corrected chi connectivity index (χ1v) is 8.15. The molecule has 6 nitrogen and oxygen atoms in total. The third-order valence-electron chi connectivity index (χ3n) is 4.70. The summed E-state index contributed by atoms with van der Waals surface area (Å²) in [5.41, 5.74) is 1.83. The molecule has 0 saturated heterocycles. The first-order valence-electron chi connectivity index (χ1n) is 8.15. The Morgan fingerprint density at radius 2 is 2.17 bits per heavy atom. The van der Waals surface area contributed by atoms with E-state index in [0.717, 1.165) is 12.0 Å². The lowest BCUT2D eigenvalue weighted by Gasteiger charge is -2.36. The number of amides is 1. The molecule has 1 aromatic carbocycles. The summed E-state index contributed by atoms with van der Waals surface area (Å²) in [5, 5.41) is 4.04. The summed E-state index contributed by atoms with van der Waals surface area (Å²) < 4.78 is 10.8. The maximum absolute atomic E-state index is 12.1. The average Bonchev–Trinajstić information content (AvgIpc) is 3.04. The van der Waals surface area contributed by atoms with Gasteiger partial charge in [0.25, 0.3) is 0 Å². The molecular formula is C18H23N3O3. The summed E-state index contributed by atoms with van der Waals surface area (Å²) in [6, 6.07) is 8.15. The quantitative estimate of drug-likeness (QED) is 0.862.